The smallest absolute Gasteiger partial charge is 0.282 e. The van der Waals surface area contributed by atoms with Gasteiger partial charge in [0, 0.05) is 66.4 Å². The molecule has 1 aliphatic rings. The van der Waals surface area contributed by atoms with Crippen LogP contribution in [0.1, 0.15) is 11.9 Å². The summed E-state index contributed by atoms with van der Waals surface area (Å²) in [7, 11) is 1.34. The molecule has 0 amide bonds. The van der Waals surface area contributed by atoms with Gasteiger partial charge in [-0.1, -0.05) is 0 Å². The van der Waals surface area contributed by atoms with Crippen molar-refractivity contribution in [3.05, 3.63) is 18.2 Å². The first-order valence-electron chi connectivity index (χ1n) is 7.95. The molecule has 1 aliphatic heterocycles. The van der Waals surface area contributed by atoms with E-state index in [0.29, 0.717) is 45.9 Å². The molecule has 11 heteroatoms. The highest BCUT2D eigenvalue weighted by molar-refractivity contribution is 7.86. The van der Waals surface area contributed by atoms with Crippen molar-refractivity contribution in [3.8, 4) is 0 Å². The van der Waals surface area contributed by atoms with Gasteiger partial charge in [-0.15, -0.1) is 12.4 Å². The van der Waals surface area contributed by atoms with Crippen LogP contribution in [0.15, 0.2) is 12.4 Å². The molecule has 0 radical (unpaired) electrons. The standard InChI is InChI=1S/C14H27N5O4S.ClH/c1-17-6-5-16-14(17)13-12-15-4-7-19(13)24(20,21)18(8-10-22-2)9-11-23-3;/h5-6,13,15H,4,7-12H2,1-3H3;1H. The van der Waals surface area contributed by atoms with E-state index in [0.717, 1.165) is 5.82 Å². The molecule has 2 heterocycles. The Morgan fingerprint density at radius 3 is 2.48 bits per heavy atom. The fourth-order valence-electron chi connectivity index (χ4n) is 2.76. The van der Waals surface area contributed by atoms with Crippen LogP contribution in [0.25, 0.3) is 0 Å². The van der Waals surface area contributed by atoms with Gasteiger partial charge >= 0.3 is 0 Å². The average molecular weight is 398 g/mol. The van der Waals surface area contributed by atoms with E-state index in [-0.39, 0.29) is 18.4 Å². The number of hydrogen-bond donors (Lipinski definition) is 1. The summed E-state index contributed by atoms with van der Waals surface area (Å²) in [5.41, 5.74) is 0. The molecular formula is C14H28ClN5O4S. The molecule has 0 spiro atoms. The second-order valence-electron chi connectivity index (χ2n) is 5.62. The lowest BCUT2D eigenvalue weighted by Crippen LogP contribution is -2.54. The van der Waals surface area contributed by atoms with E-state index in [1.807, 2.05) is 17.8 Å². The van der Waals surface area contributed by atoms with Gasteiger partial charge in [0.2, 0.25) is 0 Å². The molecule has 1 unspecified atom stereocenters. The highest BCUT2D eigenvalue weighted by atomic mass is 35.5. The van der Waals surface area contributed by atoms with E-state index in [4.69, 9.17) is 9.47 Å². The van der Waals surface area contributed by atoms with Gasteiger partial charge < -0.3 is 19.4 Å². The van der Waals surface area contributed by atoms with Gasteiger partial charge in [-0.05, 0) is 0 Å². The van der Waals surface area contributed by atoms with Crippen molar-refractivity contribution >= 4 is 22.6 Å². The van der Waals surface area contributed by atoms with Gasteiger partial charge in [0.15, 0.2) is 0 Å². The molecule has 25 heavy (non-hydrogen) atoms. The molecule has 1 fully saturated rings. The maximum atomic E-state index is 13.2. The predicted octanol–water partition coefficient (Wildman–Crippen LogP) is -0.372. The van der Waals surface area contributed by atoms with Crippen LogP contribution in [0.5, 0.6) is 0 Å². The third-order valence-corrected chi connectivity index (χ3v) is 6.11. The Balaban J connectivity index is 0.00000312. The molecule has 0 bridgehead atoms. The highest BCUT2D eigenvalue weighted by Crippen LogP contribution is 2.25. The molecule has 0 aliphatic carbocycles. The lowest BCUT2D eigenvalue weighted by atomic mass is 10.2. The summed E-state index contributed by atoms with van der Waals surface area (Å²) in [4.78, 5) is 4.34. The summed E-state index contributed by atoms with van der Waals surface area (Å²) >= 11 is 0. The largest absolute Gasteiger partial charge is 0.383 e. The Kier molecular flexibility index (Phi) is 9.28. The Morgan fingerprint density at radius 1 is 1.32 bits per heavy atom. The van der Waals surface area contributed by atoms with Crippen molar-refractivity contribution in [2.45, 2.75) is 6.04 Å². The number of nitrogens with zero attached hydrogens (tertiary/aromatic N) is 4. The Bertz CT molecular complexity index is 604. The molecule has 1 atom stereocenters. The SMILES string of the molecule is COCCN(CCOC)S(=O)(=O)N1CCNCC1c1nccn1C.Cl. The van der Waals surface area contributed by atoms with E-state index < -0.39 is 10.2 Å². The number of halogens is 1. The van der Waals surface area contributed by atoms with Gasteiger partial charge in [0.05, 0.1) is 19.3 Å². The quantitative estimate of drug-likeness (QED) is 0.611. The topological polar surface area (TPSA) is 88.9 Å². The predicted molar refractivity (Wildman–Crippen MR) is 97.0 cm³/mol. The molecule has 0 saturated carbocycles. The van der Waals surface area contributed by atoms with E-state index in [9.17, 15) is 8.42 Å². The molecule has 1 N–H and O–H groups in total. The van der Waals surface area contributed by atoms with Crippen LogP contribution in [0.2, 0.25) is 0 Å². The highest BCUT2D eigenvalue weighted by Gasteiger charge is 2.38. The van der Waals surface area contributed by atoms with Gasteiger partial charge in [-0.3, -0.25) is 0 Å². The number of aromatic nitrogens is 2. The van der Waals surface area contributed by atoms with Crippen molar-refractivity contribution < 1.29 is 17.9 Å². The van der Waals surface area contributed by atoms with E-state index in [1.165, 1.54) is 8.61 Å². The summed E-state index contributed by atoms with van der Waals surface area (Å²) in [5.74, 6) is 0.726. The first-order valence-corrected chi connectivity index (χ1v) is 9.34. The summed E-state index contributed by atoms with van der Waals surface area (Å²) in [5, 5.41) is 3.25. The maximum absolute atomic E-state index is 13.2. The number of ether oxygens (including phenoxy) is 2. The molecule has 1 aromatic rings. The normalized spacial score (nSPS) is 19.1. The molecule has 1 aromatic heterocycles. The minimum Gasteiger partial charge on any atom is -0.383 e. The van der Waals surface area contributed by atoms with Gasteiger partial charge in [-0.25, -0.2) is 4.98 Å². The summed E-state index contributed by atoms with van der Waals surface area (Å²) in [6.45, 7) is 2.80. The van der Waals surface area contributed by atoms with Crippen LogP contribution in [0.4, 0.5) is 0 Å². The lowest BCUT2D eigenvalue weighted by molar-refractivity contribution is 0.142. The van der Waals surface area contributed by atoms with Crippen LogP contribution < -0.4 is 5.32 Å². The molecule has 1 saturated heterocycles. The van der Waals surface area contributed by atoms with E-state index >= 15 is 0 Å². The Morgan fingerprint density at radius 2 is 1.96 bits per heavy atom. The number of methoxy groups -OCH3 is 2. The third-order valence-electron chi connectivity index (χ3n) is 4.06. The van der Waals surface area contributed by atoms with Crippen molar-refractivity contribution in [2.24, 2.45) is 7.05 Å². The summed E-state index contributed by atoms with van der Waals surface area (Å²) in [6.07, 6.45) is 3.50. The minimum atomic E-state index is -3.65. The maximum Gasteiger partial charge on any atom is 0.282 e. The Labute approximate surface area is 155 Å². The summed E-state index contributed by atoms with van der Waals surface area (Å²) < 4.78 is 41.3. The number of hydrogen-bond acceptors (Lipinski definition) is 6. The van der Waals surface area contributed by atoms with Crippen LogP contribution >= 0.6 is 12.4 Å². The fourth-order valence-corrected chi connectivity index (χ4v) is 4.48. The molecule has 9 nitrogen and oxygen atoms in total. The minimum absolute atomic E-state index is 0. The third kappa shape index (κ3) is 5.36. The van der Waals surface area contributed by atoms with Crippen LogP contribution in [-0.2, 0) is 26.7 Å². The average Bonchev–Trinajstić information content (AvgIpc) is 3.00. The molecular weight excluding hydrogens is 370 g/mol. The van der Waals surface area contributed by atoms with Crippen molar-refractivity contribution in [1.82, 2.24) is 23.5 Å². The summed E-state index contributed by atoms with van der Waals surface area (Å²) in [6, 6.07) is -0.337. The van der Waals surface area contributed by atoms with Crippen molar-refractivity contribution in [1.29, 1.82) is 0 Å². The Hall–Kier alpha value is -0.750. The monoisotopic (exact) mass is 397 g/mol. The number of piperazine rings is 1. The van der Waals surface area contributed by atoms with Crippen LogP contribution in [0.3, 0.4) is 0 Å². The zero-order valence-electron chi connectivity index (χ0n) is 14.9. The first kappa shape index (κ1) is 22.3. The number of nitrogens with one attached hydrogen (secondary N) is 1. The van der Waals surface area contributed by atoms with Crippen LogP contribution in [-0.4, -0.2) is 86.7 Å². The van der Waals surface area contributed by atoms with Gasteiger partial charge in [0.25, 0.3) is 10.2 Å². The molecule has 146 valence electrons. The van der Waals surface area contributed by atoms with E-state index in [1.54, 1.807) is 20.4 Å². The number of aryl methyl sites for hydroxylation is 1. The van der Waals surface area contributed by atoms with E-state index in [2.05, 4.69) is 10.3 Å². The fraction of sp³-hybridized carbons (Fsp3) is 0.786. The zero-order valence-corrected chi connectivity index (χ0v) is 16.6. The molecule has 0 aromatic carbocycles. The second-order valence-corrected chi connectivity index (χ2v) is 7.50. The first-order chi connectivity index (χ1) is 11.5. The lowest BCUT2D eigenvalue weighted by Gasteiger charge is -2.37. The van der Waals surface area contributed by atoms with Crippen molar-refractivity contribution in [3.63, 3.8) is 0 Å². The number of rotatable bonds is 9. The molecule has 2 rings (SSSR count). The van der Waals surface area contributed by atoms with Crippen molar-refractivity contribution in [2.75, 3.05) is 60.2 Å². The van der Waals surface area contributed by atoms with Crippen LogP contribution in [0, 0.1) is 0 Å². The second kappa shape index (κ2) is 10.4. The van der Waals surface area contributed by atoms with Gasteiger partial charge in [-0.2, -0.15) is 17.0 Å². The number of imidazole rings is 1. The van der Waals surface area contributed by atoms with Gasteiger partial charge in [0.1, 0.15) is 5.82 Å². The zero-order chi connectivity index (χ0) is 17.6.